The highest BCUT2D eigenvalue weighted by atomic mass is 15.0. The minimum atomic E-state index is 0.865. The fourth-order valence-electron chi connectivity index (χ4n) is 3.25. The molecular formula is C21H25N3. The SMILES string of the molecule is Cc1cc(C)c(CNCc2cccc(Cn3ccnc3)c2)c(C)c1. The molecule has 0 amide bonds. The lowest BCUT2D eigenvalue weighted by Crippen LogP contribution is -2.15. The fourth-order valence-corrected chi connectivity index (χ4v) is 3.25. The van der Waals surface area contributed by atoms with E-state index >= 15 is 0 Å². The van der Waals surface area contributed by atoms with Gasteiger partial charge in [0.25, 0.3) is 0 Å². The third-order valence-corrected chi connectivity index (χ3v) is 4.39. The zero-order valence-corrected chi connectivity index (χ0v) is 14.7. The molecule has 0 saturated heterocycles. The van der Waals surface area contributed by atoms with Gasteiger partial charge in [0.05, 0.1) is 6.33 Å². The maximum absolute atomic E-state index is 4.10. The largest absolute Gasteiger partial charge is 0.333 e. The quantitative estimate of drug-likeness (QED) is 0.740. The Morgan fingerprint density at radius 3 is 2.42 bits per heavy atom. The normalized spacial score (nSPS) is 11.0. The molecule has 3 heteroatoms. The van der Waals surface area contributed by atoms with Crippen LogP contribution in [0.15, 0.2) is 55.1 Å². The van der Waals surface area contributed by atoms with Crippen molar-refractivity contribution in [3.63, 3.8) is 0 Å². The van der Waals surface area contributed by atoms with Gasteiger partial charge in [0, 0.05) is 32.0 Å². The number of benzene rings is 2. The Morgan fingerprint density at radius 2 is 1.71 bits per heavy atom. The van der Waals surface area contributed by atoms with Crippen molar-refractivity contribution in [1.82, 2.24) is 14.9 Å². The molecule has 0 atom stereocenters. The molecule has 0 spiro atoms. The van der Waals surface area contributed by atoms with Crippen LogP contribution >= 0.6 is 0 Å². The molecule has 3 nitrogen and oxygen atoms in total. The van der Waals surface area contributed by atoms with Crippen LogP contribution in [0, 0.1) is 20.8 Å². The molecule has 0 saturated carbocycles. The van der Waals surface area contributed by atoms with Gasteiger partial charge in [0.15, 0.2) is 0 Å². The monoisotopic (exact) mass is 319 g/mol. The van der Waals surface area contributed by atoms with Gasteiger partial charge in [-0.1, -0.05) is 42.0 Å². The van der Waals surface area contributed by atoms with E-state index in [0.29, 0.717) is 0 Å². The molecule has 1 heterocycles. The average molecular weight is 319 g/mol. The van der Waals surface area contributed by atoms with Crippen LogP contribution in [0.4, 0.5) is 0 Å². The molecule has 0 bridgehead atoms. The van der Waals surface area contributed by atoms with Crippen LogP contribution in [-0.2, 0) is 19.6 Å². The van der Waals surface area contributed by atoms with Crippen LogP contribution in [0.25, 0.3) is 0 Å². The molecule has 0 fully saturated rings. The van der Waals surface area contributed by atoms with Crippen molar-refractivity contribution in [3.05, 3.63) is 88.5 Å². The van der Waals surface area contributed by atoms with Crippen LogP contribution in [0.3, 0.4) is 0 Å². The highest BCUT2D eigenvalue weighted by molar-refractivity contribution is 5.37. The minimum absolute atomic E-state index is 0.865. The van der Waals surface area contributed by atoms with Gasteiger partial charge in [-0.15, -0.1) is 0 Å². The molecule has 1 N–H and O–H groups in total. The zero-order chi connectivity index (χ0) is 16.9. The van der Waals surface area contributed by atoms with Crippen molar-refractivity contribution in [2.24, 2.45) is 0 Å². The summed E-state index contributed by atoms with van der Waals surface area (Å²) in [6.45, 7) is 9.20. The van der Waals surface area contributed by atoms with Gasteiger partial charge in [0.1, 0.15) is 0 Å². The first-order chi connectivity index (χ1) is 11.6. The summed E-state index contributed by atoms with van der Waals surface area (Å²) in [6.07, 6.45) is 5.67. The standard InChI is InChI=1S/C21H25N3/c1-16-9-17(2)21(18(3)10-16)13-23-12-19-5-4-6-20(11-19)14-24-8-7-22-15-24/h4-11,15,23H,12-14H2,1-3H3. The summed E-state index contributed by atoms with van der Waals surface area (Å²) in [4.78, 5) is 4.10. The minimum Gasteiger partial charge on any atom is -0.333 e. The fraction of sp³-hybridized carbons (Fsp3) is 0.286. The summed E-state index contributed by atoms with van der Waals surface area (Å²) < 4.78 is 2.09. The molecule has 2 aromatic carbocycles. The smallest absolute Gasteiger partial charge is 0.0949 e. The van der Waals surface area contributed by atoms with E-state index in [4.69, 9.17) is 0 Å². The average Bonchev–Trinajstić information content (AvgIpc) is 3.03. The summed E-state index contributed by atoms with van der Waals surface area (Å²) in [5, 5.41) is 3.59. The van der Waals surface area contributed by atoms with E-state index in [2.05, 4.69) is 72.0 Å². The van der Waals surface area contributed by atoms with E-state index in [1.165, 1.54) is 33.4 Å². The number of aromatic nitrogens is 2. The van der Waals surface area contributed by atoms with Crippen LogP contribution in [0.5, 0.6) is 0 Å². The molecule has 124 valence electrons. The first-order valence-corrected chi connectivity index (χ1v) is 8.43. The summed E-state index contributed by atoms with van der Waals surface area (Å²) in [5.41, 5.74) is 8.10. The topological polar surface area (TPSA) is 29.9 Å². The maximum atomic E-state index is 4.10. The van der Waals surface area contributed by atoms with Crippen molar-refractivity contribution in [2.45, 2.75) is 40.4 Å². The number of aryl methyl sites for hydroxylation is 3. The number of imidazole rings is 1. The van der Waals surface area contributed by atoms with Gasteiger partial charge in [0.2, 0.25) is 0 Å². The third kappa shape index (κ3) is 4.12. The second-order valence-electron chi connectivity index (χ2n) is 6.54. The molecule has 1 aromatic heterocycles. The van der Waals surface area contributed by atoms with Gasteiger partial charge in [-0.3, -0.25) is 0 Å². The Bertz CT molecular complexity index is 781. The van der Waals surface area contributed by atoms with E-state index in [1.807, 2.05) is 18.7 Å². The van der Waals surface area contributed by atoms with Crippen LogP contribution in [0.2, 0.25) is 0 Å². The number of hydrogen-bond acceptors (Lipinski definition) is 2. The first-order valence-electron chi connectivity index (χ1n) is 8.43. The van der Waals surface area contributed by atoms with E-state index in [0.717, 1.165) is 19.6 Å². The molecule has 0 radical (unpaired) electrons. The Labute approximate surface area is 144 Å². The Hall–Kier alpha value is -2.39. The molecular weight excluding hydrogens is 294 g/mol. The highest BCUT2D eigenvalue weighted by Crippen LogP contribution is 2.16. The van der Waals surface area contributed by atoms with Crippen molar-refractivity contribution in [1.29, 1.82) is 0 Å². The molecule has 24 heavy (non-hydrogen) atoms. The third-order valence-electron chi connectivity index (χ3n) is 4.39. The molecule has 0 aliphatic rings. The Balaban J connectivity index is 1.61. The summed E-state index contributed by atoms with van der Waals surface area (Å²) in [7, 11) is 0. The molecule has 3 aromatic rings. The Kier molecular flexibility index (Phi) is 5.11. The van der Waals surface area contributed by atoms with Gasteiger partial charge < -0.3 is 9.88 Å². The van der Waals surface area contributed by atoms with Crippen molar-refractivity contribution in [2.75, 3.05) is 0 Å². The second kappa shape index (κ2) is 7.45. The maximum Gasteiger partial charge on any atom is 0.0949 e. The summed E-state index contributed by atoms with van der Waals surface area (Å²) in [6, 6.07) is 13.3. The number of hydrogen-bond donors (Lipinski definition) is 1. The zero-order valence-electron chi connectivity index (χ0n) is 14.7. The van der Waals surface area contributed by atoms with E-state index in [9.17, 15) is 0 Å². The number of rotatable bonds is 6. The number of nitrogens with one attached hydrogen (secondary N) is 1. The molecule has 0 aliphatic heterocycles. The van der Waals surface area contributed by atoms with Crippen molar-refractivity contribution < 1.29 is 0 Å². The highest BCUT2D eigenvalue weighted by Gasteiger charge is 2.04. The molecule has 3 rings (SSSR count). The predicted octanol–water partition coefficient (Wildman–Crippen LogP) is 4.15. The van der Waals surface area contributed by atoms with Gasteiger partial charge >= 0.3 is 0 Å². The van der Waals surface area contributed by atoms with E-state index in [1.54, 1.807) is 0 Å². The molecule has 0 aliphatic carbocycles. The van der Waals surface area contributed by atoms with Gasteiger partial charge in [-0.2, -0.15) is 0 Å². The second-order valence-corrected chi connectivity index (χ2v) is 6.54. The lowest BCUT2D eigenvalue weighted by atomic mass is 10.00. The van der Waals surface area contributed by atoms with Crippen molar-refractivity contribution in [3.8, 4) is 0 Å². The van der Waals surface area contributed by atoms with E-state index in [-0.39, 0.29) is 0 Å². The van der Waals surface area contributed by atoms with Gasteiger partial charge in [-0.05, 0) is 48.6 Å². The van der Waals surface area contributed by atoms with Crippen molar-refractivity contribution >= 4 is 0 Å². The lowest BCUT2D eigenvalue weighted by Gasteiger charge is -2.13. The van der Waals surface area contributed by atoms with Crippen LogP contribution in [0.1, 0.15) is 33.4 Å². The Morgan fingerprint density at radius 1 is 0.958 bits per heavy atom. The predicted molar refractivity (Wildman–Crippen MR) is 99.0 cm³/mol. The van der Waals surface area contributed by atoms with E-state index < -0.39 is 0 Å². The van der Waals surface area contributed by atoms with Crippen LogP contribution < -0.4 is 5.32 Å². The summed E-state index contributed by atoms with van der Waals surface area (Å²) >= 11 is 0. The van der Waals surface area contributed by atoms with Crippen LogP contribution in [-0.4, -0.2) is 9.55 Å². The molecule has 0 unspecified atom stereocenters. The summed E-state index contributed by atoms with van der Waals surface area (Å²) in [5.74, 6) is 0. The van der Waals surface area contributed by atoms with Gasteiger partial charge in [-0.25, -0.2) is 4.98 Å². The number of nitrogens with zero attached hydrogens (tertiary/aromatic N) is 2. The lowest BCUT2D eigenvalue weighted by molar-refractivity contribution is 0.686. The first kappa shape index (κ1) is 16.5.